The molecular weight excluding hydrogens is 518 g/mol. The molecule has 10 heteroatoms. The van der Waals surface area contributed by atoms with Crippen LogP contribution in [-0.2, 0) is 9.47 Å². The lowest BCUT2D eigenvalue weighted by molar-refractivity contribution is 0.0519. The number of amides is 1. The Hall–Kier alpha value is -2.98. The predicted octanol–water partition coefficient (Wildman–Crippen LogP) is 5.51. The number of nitrogens with zero attached hydrogens (tertiary/aromatic N) is 3. The topological polar surface area (TPSA) is 122 Å². The van der Waals surface area contributed by atoms with Gasteiger partial charge in [-0.1, -0.05) is 76.5 Å². The Morgan fingerprint density at radius 3 is 2.05 bits per heavy atom. The molecule has 1 aromatic carbocycles. The second-order valence-electron chi connectivity index (χ2n) is 10.7. The minimum absolute atomic E-state index is 0.0945. The van der Waals surface area contributed by atoms with Crippen LogP contribution in [0.4, 0.5) is 17.8 Å². The second-order valence-corrected chi connectivity index (χ2v) is 10.7. The molecule has 1 amide bonds. The Bertz CT molecular complexity index is 958. The summed E-state index contributed by atoms with van der Waals surface area (Å²) in [6.07, 6.45) is 14.0. The molecular formula is C31H51N7O3. The van der Waals surface area contributed by atoms with Gasteiger partial charge < -0.3 is 30.7 Å². The first-order chi connectivity index (χ1) is 20.2. The fourth-order valence-corrected chi connectivity index (χ4v) is 4.83. The second kappa shape index (κ2) is 20.8. The number of nitrogens with one attached hydrogen (secondary N) is 4. The number of ether oxygens (including phenoxy) is 2. The highest BCUT2D eigenvalue weighted by Crippen LogP contribution is 2.23. The largest absolute Gasteiger partial charge is 0.377 e. The maximum Gasteiger partial charge on any atom is 0.251 e. The van der Waals surface area contributed by atoms with Crippen LogP contribution in [-0.4, -0.2) is 73.5 Å². The molecule has 0 unspecified atom stereocenters. The summed E-state index contributed by atoms with van der Waals surface area (Å²) in [5.41, 5.74) is 0.648. The molecule has 0 aliphatic heterocycles. The molecule has 41 heavy (non-hydrogen) atoms. The van der Waals surface area contributed by atoms with Crippen LogP contribution < -0.4 is 21.3 Å². The van der Waals surface area contributed by atoms with E-state index in [9.17, 15) is 4.79 Å². The SMILES string of the molecule is CCCCCCCCNc1nc(NCCOCCOCCNC(=O)c2ccccc2)nc(NCC2CCCCC2)n1. The monoisotopic (exact) mass is 569 g/mol. The van der Waals surface area contributed by atoms with Crippen LogP contribution in [0.1, 0.15) is 87.9 Å². The average Bonchev–Trinajstić information content (AvgIpc) is 3.01. The summed E-state index contributed by atoms with van der Waals surface area (Å²) in [6.45, 7) is 6.93. The Kier molecular flexibility index (Phi) is 16.5. The van der Waals surface area contributed by atoms with Gasteiger partial charge in [0.25, 0.3) is 5.91 Å². The standard InChI is InChI=1S/C31H51N7O3/c1-2-3-4-5-6-13-18-33-29-36-30(38-31(37-29)35-25-26-14-9-7-10-15-26)34-20-22-41-24-23-40-21-19-32-28(39)27-16-11-8-12-17-27/h8,11-12,16-17,26H,2-7,9-10,13-15,18-25H2,1H3,(H,32,39)(H3,33,34,35,36,37,38). The first-order valence-electron chi connectivity index (χ1n) is 15.7. The van der Waals surface area contributed by atoms with Crippen molar-refractivity contribution in [3.05, 3.63) is 35.9 Å². The van der Waals surface area contributed by atoms with Crippen LogP contribution in [0.25, 0.3) is 0 Å². The molecule has 3 rings (SSSR count). The maximum atomic E-state index is 12.0. The quantitative estimate of drug-likeness (QED) is 0.136. The average molecular weight is 570 g/mol. The molecule has 1 aliphatic carbocycles. The van der Waals surface area contributed by atoms with Crippen LogP contribution in [0.5, 0.6) is 0 Å². The highest BCUT2D eigenvalue weighted by molar-refractivity contribution is 5.94. The van der Waals surface area contributed by atoms with Gasteiger partial charge in [0.15, 0.2) is 0 Å². The summed E-state index contributed by atoms with van der Waals surface area (Å²) in [6, 6.07) is 9.16. The van der Waals surface area contributed by atoms with Gasteiger partial charge in [-0.2, -0.15) is 15.0 Å². The summed E-state index contributed by atoms with van der Waals surface area (Å²) in [7, 11) is 0. The molecule has 1 fully saturated rings. The van der Waals surface area contributed by atoms with Crippen molar-refractivity contribution >= 4 is 23.8 Å². The molecule has 10 nitrogen and oxygen atoms in total. The van der Waals surface area contributed by atoms with Crippen LogP contribution in [0, 0.1) is 5.92 Å². The summed E-state index contributed by atoms with van der Waals surface area (Å²) < 4.78 is 11.2. The number of carbonyl (C=O) groups is 1. The van der Waals surface area contributed by atoms with E-state index in [1.54, 1.807) is 12.1 Å². The van der Waals surface area contributed by atoms with Crippen molar-refractivity contribution < 1.29 is 14.3 Å². The van der Waals surface area contributed by atoms with Crippen LogP contribution in [0.3, 0.4) is 0 Å². The minimum atomic E-state index is -0.0945. The lowest BCUT2D eigenvalue weighted by Gasteiger charge is -2.21. The summed E-state index contributed by atoms with van der Waals surface area (Å²) in [4.78, 5) is 25.8. The molecule has 2 aromatic rings. The summed E-state index contributed by atoms with van der Waals surface area (Å²) in [5.74, 6) is 2.36. The van der Waals surface area contributed by atoms with E-state index < -0.39 is 0 Å². The van der Waals surface area contributed by atoms with Crippen LogP contribution in [0.2, 0.25) is 0 Å². The third-order valence-corrected chi connectivity index (χ3v) is 7.19. The summed E-state index contributed by atoms with van der Waals surface area (Å²) in [5, 5.41) is 13.0. The van der Waals surface area contributed by atoms with E-state index in [1.807, 2.05) is 18.2 Å². The number of aromatic nitrogens is 3. The molecule has 1 saturated carbocycles. The van der Waals surface area contributed by atoms with Crippen molar-refractivity contribution in [1.29, 1.82) is 0 Å². The Morgan fingerprint density at radius 2 is 1.34 bits per heavy atom. The number of hydrogen-bond donors (Lipinski definition) is 4. The van der Waals surface area contributed by atoms with E-state index >= 15 is 0 Å². The zero-order chi connectivity index (χ0) is 28.8. The van der Waals surface area contributed by atoms with Crippen molar-refractivity contribution in [2.24, 2.45) is 5.92 Å². The molecule has 1 aliphatic rings. The van der Waals surface area contributed by atoms with Gasteiger partial charge in [0.05, 0.1) is 26.4 Å². The molecule has 0 bridgehead atoms. The number of hydrogen-bond acceptors (Lipinski definition) is 9. The highest BCUT2D eigenvalue weighted by atomic mass is 16.5. The highest BCUT2D eigenvalue weighted by Gasteiger charge is 2.14. The van der Waals surface area contributed by atoms with Gasteiger partial charge in [-0.3, -0.25) is 4.79 Å². The van der Waals surface area contributed by atoms with Gasteiger partial charge >= 0.3 is 0 Å². The van der Waals surface area contributed by atoms with Crippen molar-refractivity contribution in [1.82, 2.24) is 20.3 Å². The van der Waals surface area contributed by atoms with Crippen molar-refractivity contribution in [3.8, 4) is 0 Å². The van der Waals surface area contributed by atoms with E-state index in [4.69, 9.17) is 9.47 Å². The Balaban J connectivity index is 1.31. The normalized spacial score (nSPS) is 13.6. The van der Waals surface area contributed by atoms with Gasteiger partial charge in [0.1, 0.15) is 0 Å². The smallest absolute Gasteiger partial charge is 0.251 e. The van der Waals surface area contributed by atoms with E-state index in [2.05, 4.69) is 43.1 Å². The number of carbonyl (C=O) groups excluding carboxylic acids is 1. The van der Waals surface area contributed by atoms with Gasteiger partial charge in [-0.15, -0.1) is 0 Å². The zero-order valence-corrected chi connectivity index (χ0v) is 25.0. The summed E-state index contributed by atoms with van der Waals surface area (Å²) >= 11 is 0. The molecule has 0 radical (unpaired) electrons. The third kappa shape index (κ3) is 14.5. The predicted molar refractivity (Wildman–Crippen MR) is 166 cm³/mol. The van der Waals surface area contributed by atoms with Gasteiger partial charge in [-0.25, -0.2) is 0 Å². The lowest BCUT2D eigenvalue weighted by atomic mass is 9.89. The number of rotatable bonds is 22. The van der Waals surface area contributed by atoms with Crippen molar-refractivity contribution in [2.45, 2.75) is 77.6 Å². The van der Waals surface area contributed by atoms with Crippen LogP contribution >= 0.6 is 0 Å². The number of unbranched alkanes of at least 4 members (excludes halogenated alkanes) is 5. The van der Waals surface area contributed by atoms with Crippen LogP contribution in [0.15, 0.2) is 30.3 Å². The maximum absolute atomic E-state index is 12.0. The van der Waals surface area contributed by atoms with E-state index in [0.29, 0.717) is 68.8 Å². The van der Waals surface area contributed by atoms with Crippen molar-refractivity contribution in [3.63, 3.8) is 0 Å². The van der Waals surface area contributed by atoms with Gasteiger partial charge in [-0.05, 0) is 37.3 Å². The van der Waals surface area contributed by atoms with E-state index in [1.165, 1.54) is 64.2 Å². The van der Waals surface area contributed by atoms with Gasteiger partial charge in [0.2, 0.25) is 17.8 Å². The first kappa shape index (κ1) is 32.5. The molecule has 0 saturated heterocycles. The van der Waals surface area contributed by atoms with Crippen molar-refractivity contribution in [2.75, 3.05) is 68.6 Å². The van der Waals surface area contributed by atoms with Gasteiger partial charge in [0, 0.05) is 31.7 Å². The number of benzene rings is 1. The zero-order valence-electron chi connectivity index (χ0n) is 25.0. The van der Waals surface area contributed by atoms with E-state index in [0.717, 1.165) is 19.5 Å². The molecule has 0 spiro atoms. The minimum Gasteiger partial charge on any atom is -0.377 e. The molecule has 1 heterocycles. The molecule has 228 valence electrons. The van der Waals surface area contributed by atoms with E-state index in [-0.39, 0.29) is 5.91 Å². The number of anilines is 3. The fourth-order valence-electron chi connectivity index (χ4n) is 4.83. The third-order valence-electron chi connectivity index (χ3n) is 7.19. The fraction of sp³-hybridized carbons (Fsp3) is 0.677. The molecule has 1 aromatic heterocycles. The lowest BCUT2D eigenvalue weighted by Crippen LogP contribution is -2.27. The molecule has 4 N–H and O–H groups in total. The molecule has 0 atom stereocenters. The Morgan fingerprint density at radius 1 is 0.732 bits per heavy atom. The first-order valence-corrected chi connectivity index (χ1v) is 15.7. The Labute approximate surface area is 246 Å².